The maximum Gasteiger partial charge on any atom is 0.143 e. The fourth-order valence-electron chi connectivity index (χ4n) is 2.18. The number of halogens is 1. The van der Waals surface area contributed by atoms with E-state index in [0.29, 0.717) is 11.6 Å². The van der Waals surface area contributed by atoms with Crippen LogP contribution in [0, 0.1) is 12.3 Å². The van der Waals surface area contributed by atoms with Crippen LogP contribution in [0.25, 0.3) is 22.4 Å². The molecule has 1 heterocycles. The second-order valence-corrected chi connectivity index (χ2v) is 4.60. The number of para-hydroxylation sites is 2. The van der Waals surface area contributed by atoms with Crippen LogP contribution < -0.4 is 0 Å². The third-order valence-corrected chi connectivity index (χ3v) is 3.35. The second-order valence-electron chi connectivity index (χ2n) is 4.19. The number of terminal acetylenes is 1. The van der Waals surface area contributed by atoms with Crippen LogP contribution >= 0.6 is 11.6 Å². The summed E-state index contributed by atoms with van der Waals surface area (Å²) in [4.78, 5) is 4.65. The van der Waals surface area contributed by atoms with Crippen molar-refractivity contribution in [2.75, 3.05) is 0 Å². The number of hydrogen-bond donors (Lipinski definition) is 0. The monoisotopic (exact) mass is 266 g/mol. The van der Waals surface area contributed by atoms with Gasteiger partial charge in [-0.15, -0.1) is 6.42 Å². The van der Waals surface area contributed by atoms with E-state index in [1.54, 1.807) is 0 Å². The van der Waals surface area contributed by atoms with Gasteiger partial charge in [-0.1, -0.05) is 41.8 Å². The first-order chi connectivity index (χ1) is 9.31. The molecule has 19 heavy (non-hydrogen) atoms. The SMILES string of the molecule is C#CCn1c(-c2ccccc2Cl)nc2ccccc21. The quantitative estimate of drug-likeness (QED) is 0.641. The molecular weight excluding hydrogens is 256 g/mol. The zero-order valence-electron chi connectivity index (χ0n) is 10.2. The van der Waals surface area contributed by atoms with Crippen molar-refractivity contribution >= 4 is 22.6 Å². The first-order valence-corrected chi connectivity index (χ1v) is 6.32. The number of nitrogens with zero attached hydrogens (tertiary/aromatic N) is 2. The van der Waals surface area contributed by atoms with Crippen molar-refractivity contribution < 1.29 is 0 Å². The smallest absolute Gasteiger partial charge is 0.143 e. The summed E-state index contributed by atoms with van der Waals surface area (Å²) in [6.07, 6.45) is 5.46. The van der Waals surface area contributed by atoms with Gasteiger partial charge in [-0.2, -0.15) is 0 Å². The standard InChI is InChI=1S/C16H11ClN2/c1-2-11-19-15-10-6-5-9-14(15)18-16(19)12-7-3-4-8-13(12)17/h1,3-10H,11H2. The minimum Gasteiger partial charge on any atom is -0.312 e. The number of aromatic nitrogens is 2. The summed E-state index contributed by atoms with van der Waals surface area (Å²) < 4.78 is 2.01. The lowest BCUT2D eigenvalue weighted by Gasteiger charge is -2.06. The molecule has 0 unspecified atom stereocenters. The first kappa shape index (κ1) is 11.8. The Kier molecular flexibility index (Phi) is 2.98. The van der Waals surface area contributed by atoms with Crippen LogP contribution in [0.5, 0.6) is 0 Å². The van der Waals surface area contributed by atoms with Gasteiger partial charge in [0, 0.05) is 5.56 Å². The normalized spacial score (nSPS) is 10.5. The molecule has 3 rings (SSSR count). The Labute approximate surface area is 116 Å². The largest absolute Gasteiger partial charge is 0.312 e. The fraction of sp³-hybridized carbons (Fsp3) is 0.0625. The van der Waals surface area contributed by atoms with Gasteiger partial charge in [-0.05, 0) is 24.3 Å². The van der Waals surface area contributed by atoms with E-state index in [2.05, 4.69) is 10.9 Å². The first-order valence-electron chi connectivity index (χ1n) is 5.95. The van der Waals surface area contributed by atoms with Crippen LogP contribution in [0.3, 0.4) is 0 Å². The van der Waals surface area contributed by atoms with Crippen LogP contribution in [-0.2, 0) is 6.54 Å². The molecule has 0 bridgehead atoms. The van der Waals surface area contributed by atoms with Gasteiger partial charge in [0.2, 0.25) is 0 Å². The van der Waals surface area contributed by atoms with Crippen molar-refractivity contribution in [2.45, 2.75) is 6.54 Å². The Balaban J connectivity index is 2.32. The average molecular weight is 267 g/mol. The summed E-state index contributed by atoms with van der Waals surface area (Å²) in [5, 5.41) is 0.677. The minimum absolute atomic E-state index is 0.473. The number of rotatable bonds is 2. The van der Waals surface area contributed by atoms with E-state index >= 15 is 0 Å². The third-order valence-electron chi connectivity index (χ3n) is 3.02. The van der Waals surface area contributed by atoms with E-state index in [4.69, 9.17) is 18.0 Å². The van der Waals surface area contributed by atoms with Gasteiger partial charge in [0.25, 0.3) is 0 Å². The summed E-state index contributed by atoms with van der Waals surface area (Å²) in [5.74, 6) is 3.48. The van der Waals surface area contributed by atoms with E-state index in [-0.39, 0.29) is 0 Å². The predicted molar refractivity (Wildman–Crippen MR) is 79.0 cm³/mol. The molecular formula is C16H11ClN2. The van der Waals surface area contributed by atoms with Crippen LogP contribution in [0.4, 0.5) is 0 Å². The Hall–Kier alpha value is -2.24. The number of imidazole rings is 1. The van der Waals surface area contributed by atoms with Crippen LogP contribution in [-0.4, -0.2) is 9.55 Å². The molecule has 2 aromatic carbocycles. The summed E-state index contributed by atoms with van der Waals surface area (Å²) in [6, 6.07) is 15.6. The molecule has 0 spiro atoms. The van der Waals surface area contributed by atoms with E-state index in [0.717, 1.165) is 22.4 Å². The highest BCUT2D eigenvalue weighted by atomic mass is 35.5. The molecule has 0 atom stereocenters. The lowest BCUT2D eigenvalue weighted by molar-refractivity contribution is 0.882. The summed E-state index contributed by atoms with van der Waals surface area (Å²) in [7, 11) is 0. The third kappa shape index (κ3) is 1.99. The van der Waals surface area contributed by atoms with Gasteiger partial charge >= 0.3 is 0 Å². The Morgan fingerprint density at radius 1 is 1.11 bits per heavy atom. The molecule has 0 amide bonds. The molecule has 0 fully saturated rings. The predicted octanol–water partition coefficient (Wildman–Crippen LogP) is 3.99. The molecule has 3 heteroatoms. The molecule has 92 valence electrons. The van der Waals surface area contributed by atoms with Gasteiger partial charge in [-0.25, -0.2) is 4.98 Å². The highest BCUT2D eigenvalue weighted by Gasteiger charge is 2.13. The summed E-state index contributed by atoms with van der Waals surface area (Å²) >= 11 is 6.25. The molecule has 0 aliphatic rings. The lowest BCUT2D eigenvalue weighted by atomic mass is 10.2. The molecule has 0 saturated heterocycles. The van der Waals surface area contributed by atoms with Gasteiger partial charge in [0.15, 0.2) is 0 Å². The lowest BCUT2D eigenvalue weighted by Crippen LogP contribution is -1.98. The van der Waals surface area contributed by atoms with Gasteiger partial charge in [0.05, 0.1) is 22.6 Å². The van der Waals surface area contributed by atoms with Crippen molar-refractivity contribution in [1.29, 1.82) is 0 Å². The van der Waals surface area contributed by atoms with E-state index in [9.17, 15) is 0 Å². The summed E-state index contributed by atoms with van der Waals surface area (Å²) in [5.41, 5.74) is 2.85. The van der Waals surface area contributed by atoms with E-state index in [1.807, 2.05) is 53.1 Å². The molecule has 0 aliphatic heterocycles. The maximum atomic E-state index is 6.25. The van der Waals surface area contributed by atoms with Crippen LogP contribution in [0.1, 0.15) is 0 Å². The van der Waals surface area contributed by atoms with Crippen LogP contribution in [0.15, 0.2) is 48.5 Å². The number of fused-ring (bicyclic) bond motifs is 1. The highest BCUT2D eigenvalue weighted by molar-refractivity contribution is 6.33. The molecule has 0 N–H and O–H groups in total. The maximum absolute atomic E-state index is 6.25. The van der Waals surface area contributed by atoms with Gasteiger partial charge in [-0.3, -0.25) is 0 Å². The van der Waals surface area contributed by atoms with Crippen molar-refractivity contribution in [1.82, 2.24) is 9.55 Å². The molecule has 3 aromatic rings. The van der Waals surface area contributed by atoms with Crippen molar-refractivity contribution in [3.63, 3.8) is 0 Å². The summed E-state index contributed by atoms with van der Waals surface area (Å²) in [6.45, 7) is 0.473. The van der Waals surface area contributed by atoms with Gasteiger partial charge in [0.1, 0.15) is 5.82 Å². The molecule has 2 nitrogen and oxygen atoms in total. The zero-order valence-corrected chi connectivity index (χ0v) is 10.9. The second kappa shape index (κ2) is 4.79. The topological polar surface area (TPSA) is 17.8 Å². The fourth-order valence-corrected chi connectivity index (χ4v) is 2.40. The van der Waals surface area contributed by atoms with Crippen molar-refractivity contribution in [3.05, 3.63) is 53.6 Å². The van der Waals surface area contributed by atoms with E-state index < -0.39 is 0 Å². The molecule has 0 aliphatic carbocycles. The molecule has 0 radical (unpaired) electrons. The highest BCUT2D eigenvalue weighted by Crippen LogP contribution is 2.29. The van der Waals surface area contributed by atoms with Crippen molar-refractivity contribution in [3.8, 4) is 23.7 Å². The Bertz CT molecular complexity index is 781. The average Bonchev–Trinajstić information content (AvgIpc) is 2.79. The zero-order chi connectivity index (χ0) is 13.2. The number of benzene rings is 2. The van der Waals surface area contributed by atoms with Gasteiger partial charge < -0.3 is 4.57 Å². The molecule has 1 aromatic heterocycles. The Morgan fingerprint density at radius 3 is 2.63 bits per heavy atom. The van der Waals surface area contributed by atoms with E-state index in [1.165, 1.54) is 0 Å². The Morgan fingerprint density at radius 2 is 1.84 bits per heavy atom. The molecule has 0 saturated carbocycles. The minimum atomic E-state index is 0.473. The van der Waals surface area contributed by atoms with Crippen LogP contribution in [0.2, 0.25) is 5.02 Å². The van der Waals surface area contributed by atoms with Crippen molar-refractivity contribution in [2.24, 2.45) is 0 Å². The number of hydrogen-bond acceptors (Lipinski definition) is 1.